The van der Waals surface area contributed by atoms with Gasteiger partial charge in [0.2, 0.25) is 0 Å². The molecule has 0 radical (unpaired) electrons. The maximum absolute atomic E-state index is 8.49. The van der Waals surface area contributed by atoms with Crippen molar-refractivity contribution in [3.63, 3.8) is 0 Å². The summed E-state index contributed by atoms with van der Waals surface area (Å²) in [6.07, 6.45) is -0.715. The number of rotatable bonds is 1. The second kappa shape index (κ2) is 2.21. The minimum absolute atomic E-state index is 0.493. The summed E-state index contributed by atoms with van der Waals surface area (Å²) < 4.78 is 6.74. The Morgan fingerprint density at radius 1 is 2.20 bits per heavy atom. The maximum atomic E-state index is 8.49. The van der Waals surface area contributed by atoms with Crippen LogP contribution in [0.5, 0.6) is 0 Å². The molecule has 1 nitrogen and oxygen atoms in total. The highest BCUT2D eigenvalue weighted by atomic mass is 16.3. The molecule has 1 heteroatoms. The normalized spacial score (nSPS) is 24.2. The van der Waals surface area contributed by atoms with E-state index in [2.05, 4.69) is 0 Å². The van der Waals surface area contributed by atoms with E-state index in [1.54, 1.807) is 6.92 Å². The van der Waals surface area contributed by atoms with Gasteiger partial charge in [-0.1, -0.05) is 6.92 Å². The fraction of sp³-hybridized carbons (Fsp3) is 1.00. The number of aliphatic hydroxyl groups is 1. The molecule has 1 atom stereocenters. The van der Waals surface area contributed by atoms with Crippen LogP contribution in [0, 0.1) is 0 Å². The van der Waals surface area contributed by atoms with Gasteiger partial charge in [0.05, 0.1) is 7.45 Å². The van der Waals surface area contributed by atoms with Gasteiger partial charge >= 0.3 is 0 Å². The number of hydrogen-bond acceptors (Lipinski definition) is 1. The quantitative estimate of drug-likeness (QED) is 0.489. The van der Waals surface area contributed by atoms with E-state index in [1.807, 2.05) is 0 Å². The van der Waals surface area contributed by atoms with Crippen LogP contribution in [-0.4, -0.2) is 11.2 Å². The van der Waals surface area contributed by atoms with Crippen LogP contribution in [0.2, 0.25) is 0 Å². The lowest BCUT2D eigenvalue weighted by atomic mass is 10.3. The summed E-state index contributed by atoms with van der Waals surface area (Å²) in [5, 5.41) is 8.49. The molecule has 1 N–H and O–H groups in total. The molecule has 0 aromatic rings. The van der Waals surface area contributed by atoms with Crippen molar-refractivity contribution >= 4 is 0 Å². The monoisotopic (exact) mass is 76.1 g/mol. The highest BCUT2D eigenvalue weighted by Crippen LogP contribution is 1.81. The molecule has 0 bridgehead atoms. The molecule has 0 saturated heterocycles. The summed E-state index contributed by atoms with van der Waals surface area (Å²) in [7, 11) is 0. The van der Waals surface area contributed by atoms with Gasteiger partial charge in [0.25, 0.3) is 0 Å². The average molecular weight is 76.1 g/mol. The van der Waals surface area contributed by atoms with Crippen LogP contribution in [0.15, 0.2) is 0 Å². The molecular formula is C4H10O. The first-order valence-corrected chi connectivity index (χ1v) is 1.78. The Labute approximate surface area is 34.0 Å². The predicted octanol–water partition coefficient (Wildman–Crippen LogP) is 0.777. The van der Waals surface area contributed by atoms with Gasteiger partial charge in [-0.2, -0.15) is 0 Å². The molecule has 0 amide bonds. The first kappa shape index (κ1) is 3.16. The predicted molar refractivity (Wildman–Crippen MR) is 22.0 cm³/mol. The van der Waals surface area contributed by atoms with Gasteiger partial charge in [-0.15, -0.1) is 0 Å². The van der Waals surface area contributed by atoms with E-state index in [4.69, 9.17) is 6.48 Å². The molecule has 0 aromatic heterocycles. The zero-order chi connectivity index (χ0) is 5.21. The molecule has 0 spiro atoms. The summed E-state index contributed by atoms with van der Waals surface area (Å²) in [6, 6.07) is 0. The molecule has 0 aliphatic heterocycles. The van der Waals surface area contributed by atoms with Gasteiger partial charge < -0.3 is 5.11 Å². The third-order valence-corrected chi connectivity index (χ3v) is 0.512. The molecule has 0 saturated carbocycles. The van der Waals surface area contributed by atoms with Crippen molar-refractivity contribution in [2.24, 2.45) is 0 Å². The first-order valence-electron chi connectivity index (χ1n) is 2.28. The summed E-state index contributed by atoms with van der Waals surface area (Å²) in [4.78, 5) is 0. The molecule has 5 heavy (non-hydrogen) atoms. The van der Waals surface area contributed by atoms with E-state index in [0.717, 1.165) is 0 Å². The van der Waals surface area contributed by atoms with Crippen LogP contribution in [0.4, 0.5) is 0 Å². The molecule has 32 valence electrons. The van der Waals surface area contributed by atoms with E-state index < -0.39 is 6.08 Å². The second-order valence-corrected chi connectivity index (χ2v) is 1.09. The van der Waals surface area contributed by atoms with E-state index >= 15 is 0 Å². The molecule has 0 rings (SSSR count). The third-order valence-electron chi connectivity index (χ3n) is 0.512. The minimum atomic E-state index is -1.21. The summed E-state index contributed by atoms with van der Waals surface area (Å²) in [5.74, 6) is 0. The summed E-state index contributed by atoms with van der Waals surface area (Å²) in [6.45, 7) is 3.24. The van der Waals surface area contributed by atoms with Gasteiger partial charge in [0.15, 0.2) is 0 Å². The van der Waals surface area contributed by atoms with Crippen LogP contribution >= 0.6 is 0 Å². The lowest BCUT2D eigenvalue weighted by molar-refractivity contribution is 0.191. The largest absolute Gasteiger partial charge is 0.393 e. The molecular weight excluding hydrogens is 64.0 g/mol. The van der Waals surface area contributed by atoms with Gasteiger partial charge in [-0.05, 0) is 13.3 Å². The van der Waals surface area contributed by atoms with Crippen molar-refractivity contribution in [1.82, 2.24) is 0 Å². The van der Waals surface area contributed by atoms with Gasteiger partial charge in [-0.3, -0.25) is 0 Å². The van der Waals surface area contributed by atoms with Crippen LogP contribution in [-0.2, 0) is 0 Å². The maximum Gasteiger partial charge on any atom is 0.0597 e. The average Bonchev–Trinajstić information content (AvgIpc) is 1.35. The Morgan fingerprint density at radius 3 is 2.40 bits per heavy atom. The zero-order valence-corrected chi connectivity index (χ0v) is 3.65. The summed E-state index contributed by atoms with van der Waals surface area (Å²) >= 11 is 0. The van der Waals surface area contributed by atoms with E-state index in [1.165, 1.54) is 6.92 Å². The van der Waals surface area contributed by atoms with Crippen LogP contribution in [0.25, 0.3) is 0 Å². The van der Waals surface area contributed by atoms with Crippen molar-refractivity contribution in [2.75, 3.05) is 0 Å². The Bertz CT molecular complexity index is 37.3. The van der Waals surface area contributed by atoms with Gasteiger partial charge in [-0.25, -0.2) is 0 Å². The first-order chi connectivity index (χ1) is 2.56. The van der Waals surface area contributed by atoms with Crippen LogP contribution in [0.3, 0.4) is 0 Å². The molecule has 0 heterocycles. The molecule has 0 aromatic carbocycles. The third kappa shape index (κ3) is 3.96. The Kier molecular flexibility index (Phi) is 1.40. The molecule has 0 aliphatic rings. The van der Waals surface area contributed by atoms with Crippen molar-refractivity contribution in [3.8, 4) is 0 Å². The fourth-order valence-electron chi connectivity index (χ4n) is 0. The van der Waals surface area contributed by atoms with Crippen molar-refractivity contribution in [3.05, 3.63) is 0 Å². The van der Waals surface area contributed by atoms with Gasteiger partial charge in [0, 0.05) is 0 Å². The zero-order valence-electron chi connectivity index (χ0n) is 4.65. The smallest absolute Gasteiger partial charge is 0.0597 e. The van der Waals surface area contributed by atoms with Crippen molar-refractivity contribution < 1.29 is 6.48 Å². The summed E-state index contributed by atoms with van der Waals surface area (Å²) in [5.41, 5.74) is 0. The topological polar surface area (TPSA) is 20.2 Å². The van der Waals surface area contributed by atoms with E-state index in [9.17, 15) is 0 Å². The second-order valence-electron chi connectivity index (χ2n) is 1.09. The van der Waals surface area contributed by atoms with Gasteiger partial charge in [0.1, 0.15) is 0 Å². The lowest BCUT2D eigenvalue weighted by Gasteiger charge is -1.90. The molecule has 0 aliphatic carbocycles. The van der Waals surface area contributed by atoms with Crippen LogP contribution in [0.1, 0.15) is 21.6 Å². The van der Waals surface area contributed by atoms with E-state index in [-0.39, 0.29) is 0 Å². The SMILES string of the molecule is [3H]C(C)(O)CC. The number of hydrogen-bond donors (Lipinski definition) is 1. The Hall–Kier alpha value is -0.0400. The van der Waals surface area contributed by atoms with Crippen LogP contribution < -0.4 is 0 Å². The highest BCUT2D eigenvalue weighted by Gasteiger charge is 1.81. The standard InChI is InChI=1S/C4H10O/c1-3-4(2)5/h4-5H,3H2,1-2H3/i4T. The van der Waals surface area contributed by atoms with Crippen molar-refractivity contribution in [1.29, 1.82) is 0 Å². The van der Waals surface area contributed by atoms with Crippen molar-refractivity contribution in [2.45, 2.75) is 26.3 Å². The fourth-order valence-corrected chi connectivity index (χ4v) is 0. The lowest BCUT2D eigenvalue weighted by Crippen LogP contribution is -1.93. The van der Waals surface area contributed by atoms with E-state index in [0.29, 0.717) is 6.42 Å². The Morgan fingerprint density at radius 2 is 2.40 bits per heavy atom. The molecule has 0 fully saturated rings. The minimum Gasteiger partial charge on any atom is -0.393 e. The molecule has 1 unspecified atom stereocenters. The highest BCUT2D eigenvalue weighted by molar-refractivity contribution is 4.34. The Balaban J connectivity index is 3.17.